The molecule has 1 amide bonds. The van der Waals surface area contributed by atoms with E-state index in [9.17, 15) is 9.59 Å². The second-order valence-electron chi connectivity index (χ2n) is 6.72. The first-order valence-corrected chi connectivity index (χ1v) is 9.39. The molecule has 0 atom stereocenters. The number of nitrogens with two attached hydrogens (primary N) is 1. The lowest BCUT2D eigenvalue weighted by Gasteiger charge is -2.30. The second-order valence-corrected chi connectivity index (χ2v) is 6.72. The summed E-state index contributed by atoms with van der Waals surface area (Å²) >= 11 is 0. The molecule has 1 aliphatic rings. The van der Waals surface area contributed by atoms with Gasteiger partial charge in [0.1, 0.15) is 5.75 Å². The second kappa shape index (κ2) is 10.2. The Kier molecular flexibility index (Phi) is 7.92. The Labute approximate surface area is 150 Å². The van der Waals surface area contributed by atoms with Gasteiger partial charge in [0.2, 0.25) is 5.91 Å². The Hall–Kier alpha value is -1.88. The third-order valence-corrected chi connectivity index (χ3v) is 4.65. The highest BCUT2D eigenvalue weighted by molar-refractivity contribution is 5.98. The molecule has 1 saturated heterocycles. The summed E-state index contributed by atoms with van der Waals surface area (Å²) in [5.74, 6) is 0.837. The van der Waals surface area contributed by atoms with E-state index in [1.54, 1.807) is 12.1 Å². The first-order chi connectivity index (χ1) is 12.1. The third kappa shape index (κ3) is 6.50. The topological polar surface area (TPSA) is 72.6 Å². The van der Waals surface area contributed by atoms with Crippen molar-refractivity contribution in [3.05, 3.63) is 29.8 Å². The highest BCUT2D eigenvalue weighted by Gasteiger charge is 2.21. The van der Waals surface area contributed by atoms with Crippen LogP contribution in [0, 0.1) is 0 Å². The van der Waals surface area contributed by atoms with Crippen LogP contribution in [0.4, 0.5) is 0 Å². The minimum atomic E-state index is -0.000376. The molecule has 0 radical (unpaired) electrons. The van der Waals surface area contributed by atoms with Crippen molar-refractivity contribution in [3.63, 3.8) is 0 Å². The molecular formula is C20H30N2O3. The van der Waals surface area contributed by atoms with Gasteiger partial charge in [0.15, 0.2) is 5.78 Å². The van der Waals surface area contributed by atoms with Crippen LogP contribution in [0.25, 0.3) is 0 Å². The van der Waals surface area contributed by atoms with Crippen LogP contribution in [0.3, 0.4) is 0 Å². The normalized spacial score (nSPS) is 15.2. The highest BCUT2D eigenvalue weighted by atomic mass is 16.5. The predicted octanol–water partition coefficient (Wildman–Crippen LogP) is 3.17. The van der Waals surface area contributed by atoms with E-state index in [-0.39, 0.29) is 30.6 Å². The third-order valence-electron chi connectivity index (χ3n) is 4.65. The zero-order chi connectivity index (χ0) is 18.1. The number of nitrogens with zero attached hydrogens (tertiary/aromatic N) is 1. The van der Waals surface area contributed by atoms with Gasteiger partial charge in [0, 0.05) is 37.5 Å². The molecule has 25 heavy (non-hydrogen) atoms. The van der Waals surface area contributed by atoms with Gasteiger partial charge < -0.3 is 15.4 Å². The molecule has 0 aromatic heterocycles. The van der Waals surface area contributed by atoms with Gasteiger partial charge in [-0.05, 0) is 43.5 Å². The van der Waals surface area contributed by atoms with E-state index >= 15 is 0 Å². The summed E-state index contributed by atoms with van der Waals surface area (Å²) in [5, 5.41) is 0. The predicted molar refractivity (Wildman–Crippen MR) is 98.8 cm³/mol. The minimum absolute atomic E-state index is 0.000376. The number of likely N-dealkylation sites (tertiary alicyclic amines) is 1. The number of benzene rings is 1. The summed E-state index contributed by atoms with van der Waals surface area (Å²) in [6.45, 7) is 4.27. The average molecular weight is 346 g/mol. The fourth-order valence-electron chi connectivity index (χ4n) is 2.95. The van der Waals surface area contributed by atoms with Crippen molar-refractivity contribution in [2.45, 2.75) is 57.9 Å². The number of carbonyl (C=O) groups excluding carboxylic acids is 2. The summed E-state index contributed by atoms with van der Waals surface area (Å²) in [6, 6.07) is 7.41. The van der Waals surface area contributed by atoms with Crippen LogP contribution in [0.5, 0.6) is 5.75 Å². The fourth-order valence-corrected chi connectivity index (χ4v) is 2.95. The molecule has 2 N–H and O–H groups in total. The molecule has 5 heteroatoms. The molecule has 0 unspecified atom stereocenters. The Morgan fingerprint density at radius 3 is 2.44 bits per heavy atom. The molecule has 1 fully saturated rings. The van der Waals surface area contributed by atoms with Crippen LogP contribution < -0.4 is 10.5 Å². The lowest BCUT2D eigenvalue weighted by Crippen LogP contribution is -2.42. The first kappa shape index (κ1) is 19.4. The number of rotatable bonds is 9. The molecule has 1 aromatic rings. The van der Waals surface area contributed by atoms with Crippen LogP contribution >= 0.6 is 0 Å². The molecule has 1 heterocycles. The zero-order valence-electron chi connectivity index (χ0n) is 15.2. The van der Waals surface area contributed by atoms with E-state index < -0.39 is 0 Å². The van der Waals surface area contributed by atoms with E-state index in [2.05, 4.69) is 6.92 Å². The molecule has 1 aromatic carbocycles. The zero-order valence-corrected chi connectivity index (χ0v) is 15.2. The van der Waals surface area contributed by atoms with Crippen molar-refractivity contribution >= 4 is 11.7 Å². The van der Waals surface area contributed by atoms with Crippen LogP contribution in [0.1, 0.15) is 62.2 Å². The molecule has 2 rings (SSSR count). The molecule has 5 nitrogen and oxygen atoms in total. The monoisotopic (exact) mass is 346 g/mol. The molecule has 0 saturated carbocycles. The number of Topliss-reactive ketones (excluding diaryl/α,β-unsaturated/α-hetero) is 1. The number of ketones is 1. The van der Waals surface area contributed by atoms with Gasteiger partial charge in [-0.3, -0.25) is 9.59 Å². The minimum Gasteiger partial charge on any atom is -0.494 e. The Morgan fingerprint density at radius 2 is 1.80 bits per heavy atom. The van der Waals surface area contributed by atoms with Crippen LogP contribution in [0.15, 0.2) is 24.3 Å². The van der Waals surface area contributed by atoms with Gasteiger partial charge >= 0.3 is 0 Å². The largest absolute Gasteiger partial charge is 0.494 e. The van der Waals surface area contributed by atoms with Crippen molar-refractivity contribution in [1.29, 1.82) is 0 Å². The molecule has 138 valence electrons. The maximum Gasteiger partial charge on any atom is 0.223 e. The van der Waals surface area contributed by atoms with Crippen molar-refractivity contribution in [2.75, 3.05) is 19.7 Å². The fraction of sp³-hybridized carbons (Fsp3) is 0.600. The van der Waals surface area contributed by atoms with Crippen LogP contribution in [-0.4, -0.2) is 42.3 Å². The maximum absolute atomic E-state index is 12.3. The molecular weight excluding hydrogens is 316 g/mol. The van der Waals surface area contributed by atoms with E-state index in [1.807, 2.05) is 17.0 Å². The highest BCUT2D eigenvalue weighted by Crippen LogP contribution is 2.16. The Bertz CT molecular complexity index is 549. The van der Waals surface area contributed by atoms with Gasteiger partial charge in [-0.15, -0.1) is 0 Å². The van der Waals surface area contributed by atoms with Crippen molar-refractivity contribution in [1.82, 2.24) is 4.90 Å². The Balaban J connectivity index is 1.74. The van der Waals surface area contributed by atoms with E-state index in [0.29, 0.717) is 25.3 Å². The molecule has 0 bridgehead atoms. The summed E-state index contributed by atoms with van der Waals surface area (Å²) in [6.07, 6.45) is 5.58. The quantitative estimate of drug-likeness (QED) is 0.551. The van der Waals surface area contributed by atoms with Gasteiger partial charge in [0.05, 0.1) is 6.61 Å². The van der Waals surface area contributed by atoms with Gasteiger partial charge in [-0.25, -0.2) is 0 Å². The summed E-state index contributed by atoms with van der Waals surface area (Å²) in [7, 11) is 0. The lowest BCUT2D eigenvalue weighted by atomic mass is 10.0. The number of hydrogen-bond acceptors (Lipinski definition) is 4. The summed E-state index contributed by atoms with van der Waals surface area (Å²) in [4.78, 5) is 26.3. The first-order valence-electron chi connectivity index (χ1n) is 9.39. The number of amides is 1. The smallest absolute Gasteiger partial charge is 0.223 e. The molecule has 1 aliphatic heterocycles. The SMILES string of the molecule is CCCCCOc1ccc(C(=O)CCC(=O)N2CCC(N)CC2)cc1. The van der Waals surface area contributed by atoms with Gasteiger partial charge in [-0.1, -0.05) is 19.8 Å². The summed E-state index contributed by atoms with van der Waals surface area (Å²) in [5.41, 5.74) is 6.48. The standard InChI is InChI=1S/C20H30N2O3/c1-2-3-4-15-25-18-7-5-16(6-8-18)19(23)9-10-20(24)22-13-11-17(21)12-14-22/h5-8,17H,2-4,9-15,21H2,1H3. The van der Waals surface area contributed by atoms with E-state index in [1.165, 1.54) is 6.42 Å². The van der Waals surface area contributed by atoms with Gasteiger partial charge in [0.25, 0.3) is 0 Å². The van der Waals surface area contributed by atoms with Gasteiger partial charge in [-0.2, -0.15) is 0 Å². The van der Waals surface area contributed by atoms with Crippen molar-refractivity contribution in [2.24, 2.45) is 5.73 Å². The van der Waals surface area contributed by atoms with E-state index in [0.717, 1.165) is 31.4 Å². The number of ether oxygens (including phenoxy) is 1. The van der Waals surface area contributed by atoms with Crippen LogP contribution in [-0.2, 0) is 4.79 Å². The Morgan fingerprint density at radius 1 is 1.12 bits per heavy atom. The average Bonchev–Trinajstić information content (AvgIpc) is 2.64. The van der Waals surface area contributed by atoms with E-state index in [4.69, 9.17) is 10.5 Å². The van der Waals surface area contributed by atoms with Crippen molar-refractivity contribution < 1.29 is 14.3 Å². The van der Waals surface area contributed by atoms with Crippen molar-refractivity contribution in [3.8, 4) is 5.75 Å². The number of unbranched alkanes of at least 4 members (excludes halogenated alkanes) is 2. The lowest BCUT2D eigenvalue weighted by molar-refractivity contribution is -0.132. The molecule has 0 spiro atoms. The maximum atomic E-state index is 12.3. The number of carbonyl (C=O) groups is 2. The summed E-state index contributed by atoms with van der Waals surface area (Å²) < 4.78 is 5.65. The molecule has 0 aliphatic carbocycles. The van der Waals surface area contributed by atoms with Crippen LogP contribution in [0.2, 0.25) is 0 Å². The number of piperidine rings is 1. The number of hydrogen-bond donors (Lipinski definition) is 1.